The average molecular weight is 259 g/mol. The van der Waals surface area contributed by atoms with E-state index in [-0.39, 0.29) is 11.9 Å². The maximum atomic E-state index is 12.3. The van der Waals surface area contributed by atoms with Crippen molar-refractivity contribution in [2.45, 2.75) is 25.8 Å². The number of hydrogen-bond acceptors (Lipinski definition) is 4. The fourth-order valence-corrected chi connectivity index (χ4v) is 2.18. The lowest BCUT2D eigenvalue weighted by Crippen LogP contribution is -2.44. The van der Waals surface area contributed by atoms with Gasteiger partial charge in [-0.05, 0) is 37.5 Å². The molecule has 0 saturated carbocycles. The molecule has 1 aliphatic rings. The Hall–Kier alpha value is -1.93. The SMILES string of the molecule is CC(NC(=O)C1(C#N)CCOCC1)c1ccncc1. The molecular formula is C14H17N3O2. The van der Waals surface area contributed by atoms with Crippen LogP contribution in [-0.2, 0) is 9.53 Å². The highest BCUT2D eigenvalue weighted by Gasteiger charge is 2.40. The maximum absolute atomic E-state index is 12.3. The van der Waals surface area contributed by atoms with Gasteiger partial charge in [-0.15, -0.1) is 0 Å². The summed E-state index contributed by atoms with van der Waals surface area (Å²) in [5, 5.41) is 12.2. The van der Waals surface area contributed by atoms with Crippen LogP contribution in [0, 0.1) is 16.7 Å². The number of nitriles is 1. The summed E-state index contributed by atoms with van der Waals surface area (Å²) < 4.78 is 5.23. The summed E-state index contributed by atoms with van der Waals surface area (Å²) in [4.78, 5) is 16.3. The Morgan fingerprint density at radius 2 is 2.11 bits per heavy atom. The van der Waals surface area contributed by atoms with Gasteiger partial charge in [0, 0.05) is 25.6 Å². The van der Waals surface area contributed by atoms with Gasteiger partial charge in [-0.2, -0.15) is 5.26 Å². The molecule has 1 atom stereocenters. The van der Waals surface area contributed by atoms with Crippen molar-refractivity contribution in [2.75, 3.05) is 13.2 Å². The molecule has 1 aliphatic heterocycles. The molecule has 1 fully saturated rings. The molecule has 5 heteroatoms. The van der Waals surface area contributed by atoms with Gasteiger partial charge in [-0.25, -0.2) is 0 Å². The van der Waals surface area contributed by atoms with Crippen molar-refractivity contribution in [3.8, 4) is 6.07 Å². The van der Waals surface area contributed by atoms with Crippen LogP contribution in [0.1, 0.15) is 31.4 Å². The molecule has 2 rings (SSSR count). The highest BCUT2D eigenvalue weighted by Crippen LogP contribution is 2.30. The van der Waals surface area contributed by atoms with E-state index in [1.165, 1.54) is 0 Å². The number of nitrogens with zero attached hydrogens (tertiary/aromatic N) is 2. The van der Waals surface area contributed by atoms with Gasteiger partial charge >= 0.3 is 0 Å². The normalized spacial score (nSPS) is 19.2. The summed E-state index contributed by atoms with van der Waals surface area (Å²) in [5.41, 5.74) is 0.0306. The molecule has 5 nitrogen and oxygen atoms in total. The molecule has 0 radical (unpaired) electrons. The lowest BCUT2D eigenvalue weighted by atomic mass is 9.80. The fraction of sp³-hybridized carbons (Fsp3) is 0.500. The molecule has 1 unspecified atom stereocenters. The van der Waals surface area contributed by atoms with Gasteiger partial charge in [0.15, 0.2) is 0 Å². The van der Waals surface area contributed by atoms with Crippen LogP contribution in [0.4, 0.5) is 0 Å². The van der Waals surface area contributed by atoms with Gasteiger partial charge < -0.3 is 10.1 Å². The topological polar surface area (TPSA) is 75.0 Å². The van der Waals surface area contributed by atoms with Crippen LogP contribution >= 0.6 is 0 Å². The minimum Gasteiger partial charge on any atom is -0.381 e. The molecule has 0 aromatic carbocycles. The van der Waals surface area contributed by atoms with Crippen molar-refractivity contribution in [2.24, 2.45) is 5.41 Å². The van der Waals surface area contributed by atoms with E-state index >= 15 is 0 Å². The summed E-state index contributed by atoms with van der Waals surface area (Å²) in [5.74, 6) is -0.206. The quantitative estimate of drug-likeness (QED) is 0.894. The number of nitrogens with one attached hydrogen (secondary N) is 1. The van der Waals surface area contributed by atoms with E-state index in [4.69, 9.17) is 4.74 Å². The standard InChI is InChI=1S/C14H17N3O2/c1-11(12-2-6-16-7-3-12)17-13(18)14(10-15)4-8-19-9-5-14/h2-3,6-7,11H,4-5,8-9H2,1H3,(H,17,18). The van der Waals surface area contributed by atoms with Crippen LogP contribution in [0.15, 0.2) is 24.5 Å². The molecule has 0 spiro atoms. The van der Waals surface area contributed by atoms with Gasteiger partial charge in [-0.1, -0.05) is 0 Å². The van der Waals surface area contributed by atoms with Crippen molar-refractivity contribution in [3.63, 3.8) is 0 Å². The predicted octanol–water partition coefficient (Wildman–Crippen LogP) is 1.58. The lowest BCUT2D eigenvalue weighted by molar-refractivity contribution is -0.133. The molecule has 1 saturated heterocycles. The molecule has 100 valence electrons. The smallest absolute Gasteiger partial charge is 0.241 e. The average Bonchev–Trinajstić information content (AvgIpc) is 2.48. The number of pyridine rings is 1. The van der Waals surface area contributed by atoms with Crippen LogP contribution < -0.4 is 5.32 Å². The summed E-state index contributed by atoms with van der Waals surface area (Å²) in [6, 6.07) is 5.74. The highest BCUT2D eigenvalue weighted by atomic mass is 16.5. The molecule has 1 amide bonds. The number of aromatic nitrogens is 1. The first kappa shape index (κ1) is 13.5. The minimum atomic E-state index is -0.945. The third-order valence-electron chi connectivity index (χ3n) is 3.55. The molecular weight excluding hydrogens is 242 g/mol. The summed E-state index contributed by atoms with van der Waals surface area (Å²) in [7, 11) is 0. The lowest BCUT2D eigenvalue weighted by Gasteiger charge is -2.30. The van der Waals surface area contributed by atoms with E-state index < -0.39 is 5.41 Å². The Labute approximate surface area is 112 Å². The molecule has 19 heavy (non-hydrogen) atoms. The van der Waals surface area contributed by atoms with E-state index in [2.05, 4.69) is 16.4 Å². The highest BCUT2D eigenvalue weighted by molar-refractivity contribution is 5.85. The first-order valence-corrected chi connectivity index (χ1v) is 6.38. The number of carbonyl (C=O) groups excluding carboxylic acids is 1. The number of hydrogen-bond donors (Lipinski definition) is 1. The summed E-state index contributed by atoms with van der Waals surface area (Å²) >= 11 is 0. The third-order valence-corrected chi connectivity index (χ3v) is 3.55. The second kappa shape index (κ2) is 5.81. The van der Waals surface area contributed by atoms with E-state index in [1.54, 1.807) is 12.4 Å². The zero-order chi connectivity index (χ0) is 13.7. The Balaban J connectivity index is 2.06. The zero-order valence-corrected chi connectivity index (χ0v) is 10.9. The van der Waals surface area contributed by atoms with Gasteiger partial charge in [0.1, 0.15) is 5.41 Å². The monoisotopic (exact) mass is 259 g/mol. The molecule has 1 aromatic heterocycles. The first-order valence-electron chi connectivity index (χ1n) is 6.38. The van der Waals surface area contributed by atoms with E-state index in [9.17, 15) is 10.1 Å². The molecule has 0 bridgehead atoms. The zero-order valence-electron chi connectivity index (χ0n) is 10.9. The van der Waals surface area contributed by atoms with E-state index in [0.717, 1.165) is 5.56 Å². The molecule has 1 aromatic rings. The number of amides is 1. The summed E-state index contributed by atoms with van der Waals surface area (Å²) in [6.07, 6.45) is 4.29. The van der Waals surface area contributed by atoms with Gasteiger partial charge in [0.25, 0.3) is 0 Å². The number of ether oxygens (including phenoxy) is 1. The molecule has 0 aliphatic carbocycles. The van der Waals surface area contributed by atoms with Crippen LogP contribution in [0.3, 0.4) is 0 Å². The predicted molar refractivity (Wildman–Crippen MR) is 68.9 cm³/mol. The van der Waals surface area contributed by atoms with Crippen molar-refractivity contribution in [1.29, 1.82) is 5.26 Å². The Kier molecular flexibility index (Phi) is 4.13. The van der Waals surface area contributed by atoms with Crippen molar-refractivity contribution in [3.05, 3.63) is 30.1 Å². The van der Waals surface area contributed by atoms with E-state index in [0.29, 0.717) is 26.1 Å². The first-order chi connectivity index (χ1) is 9.18. The second-order valence-electron chi connectivity index (χ2n) is 4.78. The number of rotatable bonds is 3. The van der Waals surface area contributed by atoms with E-state index in [1.807, 2.05) is 19.1 Å². The van der Waals surface area contributed by atoms with Gasteiger partial charge in [0.2, 0.25) is 5.91 Å². The largest absolute Gasteiger partial charge is 0.381 e. The second-order valence-corrected chi connectivity index (χ2v) is 4.78. The van der Waals surface area contributed by atoms with Crippen LogP contribution in [-0.4, -0.2) is 24.1 Å². The molecule has 2 heterocycles. The minimum absolute atomic E-state index is 0.136. The Morgan fingerprint density at radius 3 is 2.68 bits per heavy atom. The van der Waals surface area contributed by atoms with Gasteiger partial charge in [-0.3, -0.25) is 9.78 Å². The van der Waals surface area contributed by atoms with Crippen LogP contribution in [0.2, 0.25) is 0 Å². The van der Waals surface area contributed by atoms with Crippen molar-refractivity contribution < 1.29 is 9.53 Å². The van der Waals surface area contributed by atoms with Crippen LogP contribution in [0.5, 0.6) is 0 Å². The van der Waals surface area contributed by atoms with Crippen molar-refractivity contribution >= 4 is 5.91 Å². The van der Waals surface area contributed by atoms with Gasteiger partial charge in [0.05, 0.1) is 12.1 Å². The maximum Gasteiger partial charge on any atom is 0.241 e. The summed E-state index contributed by atoms with van der Waals surface area (Å²) in [6.45, 7) is 2.83. The molecule has 1 N–H and O–H groups in total. The van der Waals surface area contributed by atoms with Crippen molar-refractivity contribution in [1.82, 2.24) is 10.3 Å². The Bertz CT molecular complexity index is 475. The third kappa shape index (κ3) is 2.91. The van der Waals surface area contributed by atoms with Crippen LogP contribution in [0.25, 0.3) is 0 Å². The Morgan fingerprint density at radius 1 is 1.47 bits per heavy atom. The fourth-order valence-electron chi connectivity index (χ4n) is 2.18. The number of carbonyl (C=O) groups is 1.